The molecular formula is C12H21NO4. The standard InChI is InChI=1S/C12H21NO4/c1-4-6-7-8-10(12(15)16-3)13-11(14)9-17-5-2/h4,10H,1,5-9H2,2-3H3,(H,13,14)/t10-/m0/s1. The molecule has 0 aliphatic heterocycles. The lowest BCUT2D eigenvalue weighted by Gasteiger charge is -2.15. The van der Waals surface area contributed by atoms with Crippen molar-refractivity contribution in [3.05, 3.63) is 12.7 Å². The third kappa shape index (κ3) is 7.52. The van der Waals surface area contributed by atoms with E-state index in [0.29, 0.717) is 13.0 Å². The smallest absolute Gasteiger partial charge is 0.328 e. The second-order valence-corrected chi connectivity index (χ2v) is 3.50. The van der Waals surface area contributed by atoms with Crippen molar-refractivity contribution in [3.8, 4) is 0 Å². The highest BCUT2D eigenvalue weighted by atomic mass is 16.5. The van der Waals surface area contributed by atoms with Crippen molar-refractivity contribution in [1.29, 1.82) is 0 Å². The van der Waals surface area contributed by atoms with E-state index in [2.05, 4.69) is 16.6 Å². The molecule has 0 aromatic heterocycles. The van der Waals surface area contributed by atoms with Crippen molar-refractivity contribution in [1.82, 2.24) is 5.32 Å². The topological polar surface area (TPSA) is 64.6 Å². The number of carbonyl (C=O) groups excluding carboxylic acids is 2. The van der Waals surface area contributed by atoms with Crippen LogP contribution in [0.25, 0.3) is 0 Å². The second kappa shape index (κ2) is 9.84. The number of carbonyl (C=O) groups is 2. The molecule has 5 nitrogen and oxygen atoms in total. The quantitative estimate of drug-likeness (QED) is 0.373. The molecule has 0 aromatic carbocycles. The van der Waals surface area contributed by atoms with Gasteiger partial charge in [-0.2, -0.15) is 0 Å². The Labute approximate surface area is 102 Å². The molecule has 0 aliphatic carbocycles. The first-order valence-electron chi connectivity index (χ1n) is 5.71. The number of amides is 1. The maximum Gasteiger partial charge on any atom is 0.328 e. The van der Waals surface area contributed by atoms with Crippen molar-refractivity contribution in [2.75, 3.05) is 20.3 Å². The van der Waals surface area contributed by atoms with Crippen molar-refractivity contribution < 1.29 is 19.1 Å². The Bertz CT molecular complexity index is 253. The average molecular weight is 243 g/mol. The number of unbranched alkanes of at least 4 members (excludes halogenated alkanes) is 1. The summed E-state index contributed by atoms with van der Waals surface area (Å²) in [6.45, 7) is 5.83. The summed E-state index contributed by atoms with van der Waals surface area (Å²) in [5, 5.41) is 2.59. The Morgan fingerprint density at radius 2 is 2.18 bits per heavy atom. The molecule has 5 heteroatoms. The summed E-state index contributed by atoms with van der Waals surface area (Å²) in [4.78, 5) is 22.8. The molecule has 0 fully saturated rings. The Balaban J connectivity index is 4.12. The molecular weight excluding hydrogens is 222 g/mol. The molecule has 0 bridgehead atoms. The van der Waals surface area contributed by atoms with Crippen LogP contribution in [-0.2, 0) is 19.1 Å². The van der Waals surface area contributed by atoms with E-state index in [0.717, 1.165) is 12.8 Å². The van der Waals surface area contributed by atoms with Crippen LogP contribution >= 0.6 is 0 Å². The van der Waals surface area contributed by atoms with Crippen LogP contribution in [0.4, 0.5) is 0 Å². The van der Waals surface area contributed by atoms with Gasteiger partial charge in [0.2, 0.25) is 5.91 Å². The van der Waals surface area contributed by atoms with Gasteiger partial charge < -0.3 is 14.8 Å². The minimum absolute atomic E-state index is 0.0363. The molecule has 0 saturated carbocycles. The average Bonchev–Trinajstić information content (AvgIpc) is 2.34. The molecule has 1 amide bonds. The zero-order valence-electron chi connectivity index (χ0n) is 10.5. The zero-order chi connectivity index (χ0) is 13.1. The van der Waals surface area contributed by atoms with Gasteiger partial charge in [0, 0.05) is 6.61 Å². The number of allylic oxidation sites excluding steroid dienone is 1. The molecule has 0 heterocycles. The van der Waals surface area contributed by atoms with E-state index < -0.39 is 12.0 Å². The molecule has 0 aromatic rings. The molecule has 0 unspecified atom stereocenters. The van der Waals surface area contributed by atoms with Crippen LogP contribution in [0.3, 0.4) is 0 Å². The summed E-state index contributed by atoms with van der Waals surface area (Å²) < 4.78 is 9.58. The molecule has 1 atom stereocenters. The Kier molecular flexibility index (Phi) is 9.05. The summed E-state index contributed by atoms with van der Waals surface area (Å²) in [5.74, 6) is -0.736. The first kappa shape index (κ1) is 15.6. The fraction of sp³-hybridized carbons (Fsp3) is 0.667. The van der Waals surface area contributed by atoms with Gasteiger partial charge in [-0.3, -0.25) is 4.79 Å². The number of hydrogen-bond acceptors (Lipinski definition) is 4. The highest BCUT2D eigenvalue weighted by molar-refractivity contribution is 5.84. The molecule has 17 heavy (non-hydrogen) atoms. The first-order valence-corrected chi connectivity index (χ1v) is 5.71. The number of hydrogen-bond donors (Lipinski definition) is 1. The number of rotatable bonds is 9. The van der Waals surface area contributed by atoms with Gasteiger partial charge in [0.1, 0.15) is 12.6 Å². The van der Waals surface area contributed by atoms with Gasteiger partial charge in [-0.15, -0.1) is 6.58 Å². The van der Waals surface area contributed by atoms with Crippen LogP contribution in [0.2, 0.25) is 0 Å². The summed E-state index contributed by atoms with van der Waals surface area (Å²) in [7, 11) is 1.30. The van der Waals surface area contributed by atoms with E-state index in [1.807, 2.05) is 0 Å². The van der Waals surface area contributed by atoms with Crippen molar-refractivity contribution in [2.24, 2.45) is 0 Å². The van der Waals surface area contributed by atoms with Crippen LogP contribution in [0, 0.1) is 0 Å². The van der Waals surface area contributed by atoms with E-state index in [1.54, 1.807) is 13.0 Å². The van der Waals surface area contributed by atoms with E-state index in [1.165, 1.54) is 7.11 Å². The number of methoxy groups -OCH3 is 1. The van der Waals surface area contributed by atoms with Gasteiger partial charge in [-0.25, -0.2) is 4.79 Å². The van der Waals surface area contributed by atoms with Crippen molar-refractivity contribution in [3.63, 3.8) is 0 Å². The molecule has 0 spiro atoms. The summed E-state index contributed by atoms with van der Waals surface area (Å²) in [5.41, 5.74) is 0. The van der Waals surface area contributed by atoms with Crippen LogP contribution < -0.4 is 5.32 Å². The fourth-order valence-corrected chi connectivity index (χ4v) is 1.29. The van der Waals surface area contributed by atoms with Crippen molar-refractivity contribution in [2.45, 2.75) is 32.2 Å². The predicted molar refractivity (Wildman–Crippen MR) is 64.5 cm³/mol. The van der Waals surface area contributed by atoms with Gasteiger partial charge in [-0.1, -0.05) is 6.08 Å². The van der Waals surface area contributed by atoms with Crippen LogP contribution in [-0.4, -0.2) is 38.2 Å². The lowest BCUT2D eigenvalue weighted by atomic mass is 10.1. The molecule has 0 saturated heterocycles. The SMILES string of the molecule is C=CCCC[C@H](NC(=O)COCC)C(=O)OC. The number of esters is 1. The van der Waals surface area contributed by atoms with E-state index in [4.69, 9.17) is 4.74 Å². The molecule has 0 rings (SSSR count). The number of ether oxygens (including phenoxy) is 2. The van der Waals surface area contributed by atoms with Gasteiger partial charge in [0.05, 0.1) is 7.11 Å². The zero-order valence-corrected chi connectivity index (χ0v) is 10.5. The normalized spacial score (nSPS) is 11.6. The molecule has 1 N–H and O–H groups in total. The van der Waals surface area contributed by atoms with Gasteiger partial charge in [-0.05, 0) is 26.2 Å². The third-order valence-corrected chi connectivity index (χ3v) is 2.16. The summed E-state index contributed by atoms with van der Waals surface area (Å²) >= 11 is 0. The van der Waals surface area contributed by atoms with Crippen LogP contribution in [0.1, 0.15) is 26.2 Å². The highest BCUT2D eigenvalue weighted by Gasteiger charge is 2.20. The maximum atomic E-state index is 11.4. The minimum Gasteiger partial charge on any atom is -0.467 e. The van der Waals surface area contributed by atoms with Gasteiger partial charge in [0.25, 0.3) is 0 Å². The van der Waals surface area contributed by atoms with E-state index >= 15 is 0 Å². The maximum absolute atomic E-state index is 11.4. The Hall–Kier alpha value is -1.36. The largest absolute Gasteiger partial charge is 0.467 e. The van der Waals surface area contributed by atoms with Crippen LogP contribution in [0.5, 0.6) is 0 Å². The van der Waals surface area contributed by atoms with E-state index in [9.17, 15) is 9.59 Å². The van der Waals surface area contributed by atoms with E-state index in [-0.39, 0.29) is 12.5 Å². The molecule has 0 aliphatic rings. The second-order valence-electron chi connectivity index (χ2n) is 3.50. The monoisotopic (exact) mass is 243 g/mol. The molecule has 98 valence electrons. The lowest BCUT2D eigenvalue weighted by molar-refractivity contribution is -0.145. The van der Waals surface area contributed by atoms with Gasteiger partial charge >= 0.3 is 5.97 Å². The summed E-state index contributed by atoms with van der Waals surface area (Å²) in [6.07, 6.45) is 3.89. The number of nitrogens with one attached hydrogen (secondary N) is 1. The lowest BCUT2D eigenvalue weighted by Crippen LogP contribution is -2.43. The van der Waals surface area contributed by atoms with Gasteiger partial charge in [0.15, 0.2) is 0 Å². The molecule has 0 radical (unpaired) electrons. The fourth-order valence-electron chi connectivity index (χ4n) is 1.29. The minimum atomic E-state index is -0.604. The van der Waals surface area contributed by atoms with Crippen molar-refractivity contribution >= 4 is 11.9 Å². The summed E-state index contributed by atoms with van der Waals surface area (Å²) in [6, 6.07) is -0.604. The third-order valence-electron chi connectivity index (χ3n) is 2.16. The first-order chi connectivity index (χ1) is 8.15. The highest BCUT2D eigenvalue weighted by Crippen LogP contribution is 2.03. The van der Waals surface area contributed by atoms with Crippen LogP contribution in [0.15, 0.2) is 12.7 Å². The Morgan fingerprint density at radius 3 is 2.71 bits per heavy atom. The Morgan fingerprint density at radius 1 is 1.47 bits per heavy atom. The predicted octanol–water partition coefficient (Wildman–Crippen LogP) is 1.04.